The average Bonchev–Trinajstić information content (AvgIpc) is 2.50. The van der Waals surface area contributed by atoms with E-state index >= 15 is 0 Å². The first-order valence-electron chi connectivity index (χ1n) is 7.26. The zero-order valence-electron chi connectivity index (χ0n) is 14.0. The van der Waals surface area contributed by atoms with Gasteiger partial charge in [-0.3, -0.25) is 4.79 Å². The first-order valence-corrected chi connectivity index (χ1v) is 8.74. The minimum atomic E-state index is -4.24. The number of carbonyl (C=O) groups is 1. The SMILES string of the molecule is COc1cc(F)c(S(=O)(=O)NCC(CC(C)C)C(=O)O)cc1OC. The molecule has 7 nitrogen and oxygen atoms in total. The van der Waals surface area contributed by atoms with Crippen LogP contribution in [0.2, 0.25) is 0 Å². The van der Waals surface area contributed by atoms with Gasteiger partial charge in [0.05, 0.1) is 20.1 Å². The second-order valence-electron chi connectivity index (χ2n) is 5.65. The van der Waals surface area contributed by atoms with E-state index in [2.05, 4.69) is 4.72 Å². The summed E-state index contributed by atoms with van der Waals surface area (Å²) in [5.74, 6) is -2.85. The maximum atomic E-state index is 14.1. The predicted molar refractivity (Wildman–Crippen MR) is 85.3 cm³/mol. The molecule has 0 aliphatic rings. The smallest absolute Gasteiger partial charge is 0.307 e. The molecule has 9 heteroatoms. The minimum absolute atomic E-state index is 0.0521. The lowest BCUT2D eigenvalue weighted by Crippen LogP contribution is -2.34. The minimum Gasteiger partial charge on any atom is -0.493 e. The first kappa shape index (κ1) is 20.2. The van der Waals surface area contributed by atoms with Gasteiger partial charge in [-0.1, -0.05) is 13.8 Å². The Kier molecular flexibility index (Phi) is 6.97. The fourth-order valence-electron chi connectivity index (χ4n) is 2.17. The summed E-state index contributed by atoms with van der Waals surface area (Å²) in [4.78, 5) is 10.6. The highest BCUT2D eigenvalue weighted by Gasteiger charge is 2.26. The second kappa shape index (κ2) is 8.29. The molecule has 0 amide bonds. The number of carboxylic acid groups (broad SMARTS) is 1. The lowest BCUT2D eigenvalue weighted by Gasteiger charge is -2.16. The van der Waals surface area contributed by atoms with E-state index in [1.807, 2.05) is 13.8 Å². The molecule has 24 heavy (non-hydrogen) atoms. The third-order valence-electron chi connectivity index (χ3n) is 3.35. The summed E-state index contributed by atoms with van der Waals surface area (Å²) < 4.78 is 50.7. The molecule has 0 saturated heterocycles. The van der Waals surface area contributed by atoms with Gasteiger partial charge in [-0.15, -0.1) is 0 Å². The monoisotopic (exact) mass is 363 g/mol. The third-order valence-corrected chi connectivity index (χ3v) is 4.79. The van der Waals surface area contributed by atoms with E-state index in [-0.39, 0.29) is 24.0 Å². The van der Waals surface area contributed by atoms with Crippen LogP contribution >= 0.6 is 0 Å². The van der Waals surface area contributed by atoms with Crippen LogP contribution in [0, 0.1) is 17.7 Å². The lowest BCUT2D eigenvalue weighted by atomic mass is 9.98. The molecule has 1 rings (SSSR count). The molecule has 0 bridgehead atoms. The maximum Gasteiger partial charge on any atom is 0.307 e. The Morgan fingerprint density at radius 3 is 2.25 bits per heavy atom. The topological polar surface area (TPSA) is 102 Å². The number of benzene rings is 1. The summed E-state index contributed by atoms with van der Waals surface area (Å²) in [6.07, 6.45) is 0.298. The van der Waals surface area contributed by atoms with Gasteiger partial charge >= 0.3 is 5.97 Å². The van der Waals surface area contributed by atoms with Crippen LogP contribution < -0.4 is 14.2 Å². The fraction of sp³-hybridized carbons (Fsp3) is 0.533. The number of hydrogen-bond donors (Lipinski definition) is 2. The largest absolute Gasteiger partial charge is 0.493 e. The summed E-state index contributed by atoms with van der Waals surface area (Å²) >= 11 is 0. The van der Waals surface area contributed by atoms with Gasteiger partial charge in [-0.05, 0) is 12.3 Å². The van der Waals surface area contributed by atoms with E-state index in [4.69, 9.17) is 14.6 Å². The van der Waals surface area contributed by atoms with Gasteiger partial charge in [0, 0.05) is 18.7 Å². The molecule has 2 N–H and O–H groups in total. The molecule has 0 heterocycles. The maximum absolute atomic E-state index is 14.1. The number of methoxy groups -OCH3 is 2. The van der Waals surface area contributed by atoms with Crippen LogP contribution in [-0.4, -0.2) is 40.3 Å². The highest BCUT2D eigenvalue weighted by Crippen LogP contribution is 2.31. The molecule has 0 saturated carbocycles. The van der Waals surface area contributed by atoms with Gasteiger partial charge in [0.1, 0.15) is 10.7 Å². The van der Waals surface area contributed by atoms with Gasteiger partial charge in [-0.25, -0.2) is 17.5 Å². The van der Waals surface area contributed by atoms with Crippen molar-refractivity contribution >= 4 is 16.0 Å². The van der Waals surface area contributed by atoms with E-state index in [1.165, 1.54) is 14.2 Å². The summed E-state index contributed by atoms with van der Waals surface area (Å²) in [5, 5.41) is 9.15. The van der Waals surface area contributed by atoms with Crippen LogP contribution in [0.5, 0.6) is 11.5 Å². The Labute approximate surface area is 140 Å². The van der Waals surface area contributed by atoms with Crippen LogP contribution in [-0.2, 0) is 14.8 Å². The van der Waals surface area contributed by atoms with Gasteiger partial charge in [0.15, 0.2) is 11.5 Å². The van der Waals surface area contributed by atoms with E-state index in [0.29, 0.717) is 6.42 Å². The van der Waals surface area contributed by atoms with Crippen molar-refractivity contribution in [2.24, 2.45) is 11.8 Å². The molecule has 1 atom stereocenters. The summed E-state index contributed by atoms with van der Waals surface area (Å²) in [6.45, 7) is 3.33. The number of nitrogens with one attached hydrogen (secondary N) is 1. The molecule has 1 aromatic rings. The standard InChI is InChI=1S/C15H22FNO6S/c1-9(2)5-10(15(18)19)8-17-24(20,21)14-7-13(23-4)12(22-3)6-11(14)16/h6-7,9-10,17H,5,8H2,1-4H3,(H,18,19). The zero-order valence-corrected chi connectivity index (χ0v) is 14.8. The molecule has 0 radical (unpaired) electrons. The van der Waals surface area contributed by atoms with Crippen molar-refractivity contribution in [2.45, 2.75) is 25.2 Å². The van der Waals surface area contributed by atoms with E-state index < -0.39 is 32.6 Å². The van der Waals surface area contributed by atoms with E-state index in [9.17, 15) is 17.6 Å². The quantitative estimate of drug-likeness (QED) is 0.694. The fourth-order valence-corrected chi connectivity index (χ4v) is 3.32. The molecule has 136 valence electrons. The van der Waals surface area contributed by atoms with Crippen molar-refractivity contribution in [1.29, 1.82) is 0 Å². The summed E-state index contributed by atoms with van der Waals surface area (Å²) in [6, 6.07) is 1.89. The van der Waals surface area contributed by atoms with Gasteiger partial charge in [0.25, 0.3) is 0 Å². The highest BCUT2D eigenvalue weighted by molar-refractivity contribution is 7.89. The normalized spacial score (nSPS) is 12.9. The molecule has 0 aliphatic carbocycles. The summed E-state index contributed by atoms with van der Waals surface area (Å²) in [5.41, 5.74) is 0. The van der Waals surface area contributed by atoms with Crippen LogP contribution in [0.3, 0.4) is 0 Å². The highest BCUT2D eigenvalue weighted by atomic mass is 32.2. The Balaban J connectivity index is 3.06. The Morgan fingerprint density at radius 1 is 1.25 bits per heavy atom. The summed E-state index contributed by atoms with van der Waals surface area (Å²) in [7, 11) is -1.64. The van der Waals surface area contributed by atoms with Crippen molar-refractivity contribution < 1.29 is 32.2 Å². The van der Waals surface area contributed by atoms with Crippen LogP contribution in [0.25, 0.3) is 0 Å². The number of rotatable bonds is 9. The van der Waals surface area contributed by atoms with E-state index in [0.717, 1.165) is 12.1 Å². The average molecular weight is 363 g/mol. The zero-order chi connectivity index (χ0) is 18.5. The molecule has 0 fully saturated rings. The number of hydrogen-bond acceptors (Lipinski definition) is 5. The molecule has 0 spiro atoms. The Hall–Kier alpha value is -1.87. The second-order valence-corrected chi connectivity index (χ2v) is 7.39. The molecular weight excluding hydrogens is 341 g/mol. The lowest BCUT2D eigenvalue weighted by molar-refractivity contribution is -0.142. The molecule has 1 unspecified atom stereocenters. The van der Waals surface area contributed by atoms with E-state index in [1.54, 1.807) is 0 Å². The Bertz CT molecular complexity index is 689. The number of sulfonamides is 1. The van der Waals surface area contributed by atoms with Crippen molar-refractivity contribution in [1.82, 2.24) is 4.72 Å². The number of halogens is 1. The third kappa shape index (κ3) is 5.07. The van der Waals surface area contributed by atoms with Gasteiger partial charge in [-0.2, -0.15) is 0 Å². The van der Waals surface area contributed by atoms with Crippen molar-refractivity contribution in [3.8, 4) is 11.5 Å². The van der Waals surface area contributed by atoms with Gasteiger partial charge < -0.3 is 14.6 Å². The number of ether oxygens (including phenoxy) is 2. The predicted octanol–water partition coefficient (Wildman–Crippen LogP) is 1.87. The number of carboxylic acids is 1. The van der Waals surface area contributed by atoms with Crippen LogP contribution in [0.1, 0.15) is 20.3 Å². The van der Waals surface area contributed by atoms with Crippen molar-refractivity contribution in [2.75, 3.05) is 20.8 Å². The molecule has 1 aromatic carbocycles. The molecular formula is C15H22FNO6S. The first-order chi connectivity index (χ1) is 11.1. The van der Waals surface area contributed by atoms with Crippen LogP contribution in [0.15, 0.2) is 17.0 Å². The molecule has 0 aromatic heterocycles. The van der Waals surface area contributed by atoms with Crippen molar-refractivity contribution in [3.05, 3.63) is 17.9 Å². The van der Waals surface area contributed by atoms with Crippen LogP contribution in [0.4, 0.5) is 4.39 Å². The number of aliphatic carboxylic acids is 1. The van der Waals surface area contributed by atoms with Crippen molar-refractivity contribution in [3.63, 3.8) is 0 Å². The molecule has 0 aliphatic heterocycles. The Morgan fingerprint density at radius 2 is 1.79 bits per heavy atom. The van der Waals surface area contributed by atoms with Gasteiger partial charge in [0.2, 0.25) is 10.0 Å².